The van der Waals surface area contributed by atoms with E-state index in [1.165, 1.54) is 24.0 Å². The molecule has 0 atom stereocenters. The number of nitrogens with one attached hydrogen (secondary N) is 1. The average Bonchev–Trinajstić information content (AvgIpc) is 3.20. The van der Waals surface area contributed by atoms with Gasteiger partial charge in [0, 0.05) is 10.4 Å². The lowest BCUT2D eigenvalue weighted by molar-refractivity contribution is 0.0603. The van der Waals surface area contributed by atoms with Crippen LogP contribution in [0.4, 0.5) is 5.00 Å². The van der Waals surface area contributed by atoms with Crippen molar-refractivity contribution in [3.8, 4) is 11.1 Å². The van der Waals surface area contributed by atoms with Crippen LogP contribution in [-0.2, 0) is 4.74 Å². The summed E-state index contributed by atoms with van der Waals surface area (Å²) >= 11 is 4.51. The molecule has 27 heavy (non-hydrogen) atoms. The van der Waals surface area contributed by atoms with Gasteiger partial charge in [-0.1, -0.05) is 18.2 Å². The van der Waals surface area contributed by atoms with E-state index in [0.717, 1.165) is 21.6 Å². The minimum Gasteiger partial charge on any atom is -0.465 e. The molecule has 1 aromatic carbocycles. The van der Waals surface area contributed by atoms with Gasteiger partial charge in [0.05, 0.1) is 7.11 Å². The quantitative estimate of drug-likeness (QED) is 0.518. The lowest BCUT2D eigenvalue weighted by Crippen LogP contribution is -2.13. The largest absolute Gasteiger partial charge is 0.465 e. The van der Waals surface area contributed by atoms with E-state index in [1.807, 2.05) is 39.0 Å². The smallest absolute Gasteiger partial charge is 0.341 e. The lowest BCUT2D eigenvalue weighted by atomic mass is 9.97. The Balaban J connectivity index is 2.08. The molecule has 0 saturated carbocycles. The molecule has 0 aliphatic carbocycles. The van der Waals surface area contributed by atoms with Crippen LogP contribution in [0.15, 0.2) is 39.4 Å². The molecule has 0 saturated heterocycles. The van der Waals surface area contributed by atoms with Crippen LogP contribution in [0, 0.1) is 20.8 Å². The lowest BCUT2D eigenvalue weighted by Gasteiger charge is -2.09. The third kappa shape index (κ3) is 3.84. The van der Waals surface area contributed by atoms with E-state index in [0.29, 0.717) is 15.2 Å². The second kappa shape index (κ2) is 7.70. The van der Waals surface area contributed by atoms with Crippen molar-refractivity contribution in [3.63, 3.8) is 0 Å². The van der Waals surface area contributed by atoms with Crippen molar-refractivity contribution in [2.45, 2.75) is 20.8 Å². The number of furan rings is 1. The molecular weight excluding hydrogens is 430 g/mol. The summed E-state index contributed by atoms with van der Waals surface area (Å²) < 4.78 is 10.7. The first kappa shape index (κ1) is 19.4. The molecule has 0 unspecified atom stereocenters. The maximum absolute atomic E-state index is 12.5. The van der Waals surface area contributed by atoms with E-state index in [4.69, 9.17) is 9.15 Å². The molecule has 0 spiro atoms. The molecule has 5 nitrogen and oxygen atoms in total. The van der Waals surface area contributed by atoms with Gasteiger partial charge in [-0.05, 0) is 65.5 Å². The number of aryl methyl sites for hydroxylation is 3. The first-order valence-electron chi connectivity index (χ1n) is 8.17. The summed E-state index contributed by atoms with van der Waals surface area (Å²) in [6.07, 6.45) is 0. The molecule has 3 aromatic rings. The highest BCUT2D eigenvalue weighted by Crippen LogP contribution is 2.41. The van der Waals surface area contributed by atoms with Crippen molar-refractivity contribution in [1.82, 2.24) is 0 Å². The number of hydrogen-bond acceptors (Lipinski definition) is 5. The number of thiophene rings is 1. The van der Waals surface area contributed by atoms with Gasteiger partial charge in [0.2, 0.25) is 0 Å². The molecular formula is C20H18BrNO4S. The van der Waals surface area contributed by atoms with Crippen molar-refractivity contribution in [2.24, 2.45) is 0 Å². The number of rotatable bonds is 4. The fourth-order valence-corrected chi connectivity index (χ4v) is 4.14. The van der Waals surface area contributed by atoms with E-state index in [-0.39, 0.29) is 5.76 Å². The number of carbonyl (C=O) groups is 2. The Morgan fingerprint density at radius 1 is 1.11 bits per heavy atom. The van der Waals surface area contributed by atoms with Gasteiger partial charge < -0.3 is 14.5 Å². The van der Waals surface area contributed by atoms with Crippen molar-refractivity contribution >= 4 is 44.1 Å². The Morgan fingerprint density at radius 2 is 1.85 bits per heavy atom. The van der Waals surface area contributed by atoms with Crippen LogP contribution >= 0.6 is 27.3 Å². The van der Waals surface area contributed by atoms with Crippen molar-refractivity contribution in [3.05, 3.63) is 62.3 Å². The summed E-state index contributed by atoms with van der Waals surface area (Å²) in [5.74, 6) is -0.779. The fraction of sp³-hybridized carbons (Fsp3) is 0.200. The van der Waals surface area contributed by atoms with Gasteiger partial charge in [0.1, 0.15) is 10.6 Å². The molecule has 0 aliphatic rings. The standard InChI is InChI=1S/C20H18BrNO4S/c1-10-5-6-13(9-11(10)2)16-12(3)27-19(17(16)20(24)25-4)22-18(23)14-7-8-15(21)26-14/h5-9H,1-4H3,(H,22,23). The third-order valence-corrected chi connectivity index (χ3v) is 5.74. The monoisotopic (exact) mass is 447 g/mol. The maximum atomic E-state index is 12.5. The highest BCUT2D eigenvalue weighted by Gasteiger charge is 2.26. The minimum atomic E-state index is -0.497. The summed E-state index contributed by atoms with van der Waals surface area (Å²) in [4.78, 5) is 25.9. The second-order valence-corrected chi connectivity index (χ2v) is 8.09. The number of hydrogen-bond donors (Lipinski definition) is 1. The highest BCUT2D eigenvalue weighted by molar-refractivity contribution is 9.10. The van der Waals surface area contributed by atoms with E-state index in [2.05, 4.69) is 21.2 Å². The van der Waals surface area contributed by atoms with Crippen LogP contribution in [0.5, 0.6) is 0 Å². The Kier molecular flexibility index (Phi) is 5.53. The predicted octanol–water partition coefficient (Wildman–Crippen LogP) is 5.73. The number of methoxy groups -OCH3 is 1. The molecule has 1 N–H and O–H groups in total. The topological polar surface area (TPSA) is 68.5 Å². The van der Waals surface area contributed by atoms with Gasteiger partial charge in [-0.2, -0.15) is 0 Å². The SMILES string of the molecule is COC(=O)c1c(NC(=O)c2ccc(Br)o2)sc(C)c1-c1ccc(C)c(C)c1. The van der Waals surface area contributed by atoms with Crippen molar-refractivity contribution in [2.75, 3.05) is 12.4 Å². The van der Waals surface area contributed by atoms with E-state index in [9.17, 15) is 9.59 Å². The summed E-state index contributed by atoms with van der Waals surface area (Å²) in [5, 5.41) is 3.21. The van der Waals surface area contributed by atoms with Crippen LogP contribution in [0.2, 0.25) is 0 Å². The first-order chi connectivity index (χ1) is 12.8. The molecule has 2 heterocycles. The summed E-state index contributed by atoms with van der Waals surface area (Å²) in [6.45, 7) is 5.98. The number of ether oxygens (including phenoxy) is 1. The van der Waals surface area contributed by atoms with Gasteiger partial charge in [0.25, 0.3) is 5.91 Å². The van der Waals surface area contributed by atoms with Crippen LogP contribution in [0.25, 0.3) is 11.1 Å². The highest BCUT2D eigenvalue weighted by atomic mass is 79.9. The summed E-state index contributed by atoms with van der Waals surface area (Å²) in [5.41, 5.74) is 4.32. The zero-order valence-corrected chi connectivity index (χ0v) is 17.7. The number of halogens is 1. The van der Waals surface area contributed by atoms with Gasteiger partial charge >= 0.3 is 5.97 Å². The third-order valence-electron chi connectivity index (χ3n) is 4.29. The van der Waals surface area contributed by atoms with Gasteiger partial charge in [-0.15, -0.1) is 11.3 Å². The number of amides is 1. The second-order valence-electron chi connectivity index (χ2n) is 6.09. The zero-order chi connectivity index (χ0) is 19.7. The van der Waals surface area contributed by atoms with Crippen molar-refractivity contribution in [1.29, 1.82) is 0 Å². The van der Waals surface area contributed by atoms with Gasteiger partial charge in [0.15, 0.2) is 10.4 Å². The molecule has 0 aliphatic heterocycles. The summed E-state index contributed by atoms with van der Waals surface area (Å²) in [6, 6.07) is 9.21. The van der Waals surface area contributed by atoms with Crippen LogP contribution in [-0.4, -0.2) is 19.0 Å². The van der Waals surface area contributed by atoms with Crippen molar-refractivity contribution < 1.29 is 18.7 Å². The van der Waals surface area contributed by atoms with E-state index >= 15 is 0 Å². The molecule has 0 fully saturated rings. The van der Waals surface area contributed by atoms with Crippen LogP contribution in [0.1, 0.15) is 36.9 Å². The van der Waals surface area contributed by atoms with Gasteiger partial charge in [-0.3, -0.25) is 4.79 Å². The zero-order valence-electron chi connectivity index (χ0n) is 15.3. The fourth-order valence-electron chi connectivity index (χ4n) is 2.78. The Morgan fingerprint density at radius 3 is 2.44 bits per heavy atom. The van der Waals surface area contributed by atoms with E-state index in [1.54, 1.807) is 12.1 Å². The van der Waals surface area contributed by atoms with Gasteiger partial charge in [-0.25, -0.2) is 4.79 Å². The maximum Gasteiger partial charge on any atom is 0.341 e. The number of benzene rings is 1. The summed E-state index contributed by atoms with van der Waals surface area (Å²) in [7, 11) is 1.33. The molecule has 0 radical (unpaired) electrons. The average molecular weight is 448 g/mol. The van der Waals surface area contributed by atoms with Crippen LogP contribution < -0.4 is 5.32 Å². The predicted molar refractivity (Wildman–Crippen MR) is 110 cm³/mol. The number of esters is 1. The first-order valence-corrected chi connectivity index (χ1v) is 9.78. The van der Waals surface area contributed by atoms with E-state index < -0.39 is 11.9 Å². The normalized spacial score (nSPS) is 10.7. The molecule has 0 bridgehead atoms. The molecule has 7 heteroatoms. The Bertz CT molecular complexity index is 1030. The Labute approximate surface area is 169 Å². The molecule has 140 valence electrons. The number of anilines is 1. The molecule has 1 amide bonds. The molecule has 2 aromatic heterocycles. The minimum absolute atomic E-state index is 0.150. The molecule has 3 rings (SSSR count). The Hall–Kier alpha value is -2.38. The number of carbonyl (C=O) groups excluding carboxylic acids is 2. The van der Waals surface area contributed by atoms with Crippen LogP contribution in [0.3, 0.4) is 0 Å².